The molecule has 5 rings (SSSR count). The van der Waals surface area contributed by atoms with Crippen LogP contribution in [-0.4, -0.2) is 35.7 Å². The van der Waals surface area contributed by atoms with Crippen molar-refractivity contribution in [3.05, 3.63) is 100.0 Å². The van der Waals surface area contributed by atoms with Gasteiger partial charge >= 0.3 is 0 Å². The lowest BCUT2D eigenvalue weighted by molar-refractivity contribution is -0.117. The number of nitrogens with zero attached hydrogens (tertiary/aromatic N) is 3. The second-order valence-corrected chi connectivity index (χ2v) is 9.85. The number of thiazole rings is 1. The number of pyridine rings is 1. The number of hydrogen-bond donors (Lipinski definition) is 0. The molecule has 0 amide bonds. The summed E-state index contributed by atoms with van der Waals surface area (Å²) in [5, 5.41) is 0.828. The normalized spacial score (nSPS) is 12.5. The summed E-state index contributed by atoms with van der Waals surface area (Å²) in [6, 6.07) is 17.8. The molecule has 2 aromatic heterocycles. The zero-order valence-electron chi connectivity index (χ0n) is 21.0. The molecule has 0 saturated heterocycles. The molecule has 6 nitrogen and oxygen atoms in total. The summed E-state index contributed by atoms with van der Waals surface area (Å²) in [6.07, 6.45) is 6.41. The Kier molecular flexibility index (Phi) is 7.23. The average Bonchev–Trinajstić information content (AvgIpc) is 3.49. The number of aliphatic imine (C=N–C) groups is 1. The maximum absolute atomic E-state index is 12.8. The third kappa shape index (κ3) is 5.52. The van der Waals surface area contributed by atoms with Crippen LogP contribution in [-0.2, 0) is 24.2 Å². The van der Waals surface area contributed by atoms with Crippen LogP contribution in [0.25, 0.3) is 16.5 Å². The molecule has 1 aliphatic heterocycles. The highest BCUT2D eigenvalue weighted by Gasteiger charge is 2.18. The number of benzene rings is 2. The topological polar surface area (TPSA) is 73.7 Å². The predicted octanol–water partition coefficient (Wildman–Crippen LogP) is 5.90. The number of ether oxygens (including phenoxy) is 2. The maximum Gasteiger partial charge on any atom is 0.161 e. The molecule has 0 atom stereocenters. The van der Waals surface area contributed by atoms with Gasteiger partial charge in [-0.25, -0.2) is 4.98 Å². The molecule has 4 aromatic rings. The number of allylic oxidation sites excluding steroid dienone is 1. The number of carbonyl (C=O) groups is 1. The fourth-order valence-electron chi connectivity index (χ4n) is 4.40. The van der Waals surface area contributed by atoms with E-state index in [1.165, 1.54) is 5.56 Å². The van der Waals surface area contributed by atoms with E-state index in [0.29, 0.717) is 30.9 Å². The van der Waals surface area contributed by atoms with E-state index in [1.54, 1.807) is 31.8 Å². The van der Waals surface area contributed by atoms with Crippen LogP contribution in [0.4, 0.5) is 0 Å². The van der Waals surface area contributed by atoms with E-state index in [2.05, 4.69) is 23.2 Å². The first-order valence-electron chi connectivity index (χ1n) is 12.0. The minimum absolute atomic E-state index is 0.110. The Morgan fingerprint density at radius 3 is 2.65 bits per heavy atom. The molecule has 0 saturated carbocycles. The Morgan fingerprint density at radius 2 is 1.86 bits per heavy atom. The Balaban J connectivity index is 1.28. The molecule has 0 bridgehead atoms. The number of ketones is 1. The minimum Gasteiger partial charge on any atom is -0.493 e. The fraction of sp³-hybridized carbons (Fsp3) is 0.200. The first-order chi connectivity index (χ1) is 18.0. The molecule has 1 aliphatic rings. The number of aryl methyl sites for hydroxylation is 1. The van der Waals surface area contributed by atoms with Crippen LogP contribution in [0.3, 0.4) is 0 Å². The van der Waals surface area contributed by atoms with Gasteiger partial charge < -0.3 is 9.47 Å². The van der Waals surface area contributed by atoms with E-state index in [1.807, 2.05) is 55.5 Å². The average molecular weight is 510 g/mol. The Hall–Kier alpha value is -4.10. The van der Waals surface area contributed by atoms with E-state index >= 15 is 0 Å². The van der Waals surface area contributed by atoms with Crippen LogP contribution >= 0.6 is 11.3 Å². The van der Waals surface area contributed by atoms with Crippen molar-refractivity contribution in [1.29, 1.82) is 0 Å². The second-order valence-electron chi connectivity index (χ2n) is 8.77. The van der Waals surface area contributed by atoms with Crippen LogP contribution in [0, 0.1) is 6.92 Å². The summed E-state index contributed by atoms with van der Waals surface area (Å²) in [4.78, 5) is 27.7. The largest absolute Gasteiger partial charge is 0.493 e. The van der Waals surface area contributed by atoms with Crippen molar-refractivity contribution < 1.29 is 14.3 Å². The highest BCUT2D eigenvalue weighted by atomic mass is 32.1. The Labute approximate surface area is 220 Å². The van der Waals surface area contributed by atoms with E-state index in [4.69, 9.17) is 19.5 Å². The standard InChI is InChI=1S/C30H27N3O3S/c1-19-30(37-29(33-19)17-24(34)14-20-7-12-27(35-2)28(15-20)36-3)21-8-10-25-22(16-21)18-32-26(25)11-9-23-6-4-5-13-31-23/h4-13,15-16H,14,17-18H2,1-3H3/b11-9+. The Morgan fingerprint density at radius 1 is 1.00 bits per heavy atom. The number of aromatic nitrogens is 2. The van der Waals surface area contributed by atoms with E-state index < -0.39 is 0 Å². The third-order valence-electron chi connectivity index (χ3n) is 6.20. The van der Waals surface area contributed by atoms with Crippen molar-refractivity contribution in [3.63, 3.8) is 0 Å². The summed E-state index contributed by atoms with van der Waals surface area (Å²) >= 11 is 1.58. The number of hydrogen-bond acceptors (Lipinski definition) is 7. The molecule has 0 spiro atoms. The van der Waals surface area contributed by atoms with Crippen molar-refractivity contribution in [1.82, 2.24) is 9.97 Å². The monoisotopic (exact) mass is 509 g/mol. The number of Topliss-reactive ketones (excluding diaryl/α,β-unsaturated/α-hetero) is 1. The molecule has 37 heavy (non-hydrogen) atoms. The lowest BCUT2D eigenvalue weighted by Gasteiger charge is -2.09. The molecule has 0 aliphatic carbocycles. The highest BCUT2D eigenvalue weighted by molar-refractivity contribution is 7.15. The van der Waals surface area contributed by atoms with Gasteiger partial charge in [0.2, 0.25) is 0 Å². The Bertz CT molecular complexity index is 1510. The third-order valence-corrected chi connectivity index (χ3v) is 7.41. The smallest absolute Gasteiger partial charge is 0.161 e. The number of carbonyl (C=O) groups excluding carboxylic acids is 1. The zero-order valence-corrected chi connectivity index (χ0v) is 21.8. The number of rotatable bonds is 9. The van der Waals surface area contributed by atoms with E-state index in [-0.39, 0.29) is 5.78 Å². The highest BCUT2D eigenvalue weighted by Crippen LogP contribution is 2.34. The van der Waals surface area contributed by atoms with Gasteiger partial charge in [0.25, 0.3) is 0 Å². The van der Waals surface area contributed by atoms with Crippen LogP contribution < -0.4 is 9.47 Å². The molecular weight excluding hydrogens is 482 g/mol. The lowest BCUT2D eigenvalue weighted by atomic mass is 10.0. The molecule has 0 radical (unpaired) electrons. The van der Waals surface area contributed by atoms with E-state index in [0.717, 1.165) is 43.7 Å². The molecule has 2 aromatic carbocycles. The molecule has 7 heteroatoms. The summed E-state index contributed by atoms with van der Waals surface area (Å²) in [5.41, 5.74) is 7.15. The first kappa shape index (κ1) is 24.6. The van der Waals surface area contributed by atoms with Crippen molar-refractivity contribution in [3.8, 4) is 21.9 Å². The zero-order chi connectivity index (χ0) is 25.8. The van der Waals surface area contributed by atoms with Gasteiger partial charge in [0.15, 0.2) is 11.5 Å². The van der Waals surface area contributed by atoms with Crippen molar-refractivity contribution in [2.45, 2.75) is 26.3 Å². The van der Waals surface area contributed by atoms with Gasteiger partial charge in [-0.1, -0.05) is 24.3 Å². The summed E-state index contributed by atoms with van der Waals surface area (Å²) in [5.74, 6) is 1.38. The van der Waals surface area contributed by atoms with Crippen LogP contribution in [0.1, 0.15) is 33.1 Å². The molecule has 3 heterocycles. The van der Waals surface area contributed by atoms with Crippen LogP contribution in [0.15, 0.2) is 71.9 Å². The van der Waals surface area contributed by atoms with Crippen molar-refractivity contribution in [2.75, 3.05) is 14.2 Å². The summed E-state index contributed by atoms with van der Waals surface area (Å²) in [7, 11) is 3.19. The minimum atomic E-state index is 0.110. The SMILES string of the molecule is COc1ccc(CC(=O)Cc2nc(C)c(-c3ccc4c(c3)CN=C4/C=C/c3ccccn3)s2)cc1OC. The molecular formula is C30H27N3O3S. The van der Waals surface area contributed by atoms with Gasteiger partial charge in [0.05, 0.1) is 49.2 Å². The van der Waals surface area contributed by atoms with Crippen molar-refractivity contribution >= 4 is 28.9 Å². The van der Waals surface area contributed by atoms with Crippen molar-refractivity contribution in [2.24, 2.45) is 4.99 Å². The second kappa shape index (κ2) is 10.9. The number of methoxy groups -OCH3 is 2. The van der Waals surface area contributed by atoms with Gasteiger partial charge in [-0.05, 0) is 66.1 Å². The lowest BCUT2D eigenvalue weighted by Crippen LogP contribution is -2.06. The quantitative estimate of drug-likeness (QED) is 0.281. The molecule has 0 fully saturated rings. The number of fused-ring (bicyclic) bond motifs is 1. The maximum atomic E-state index is 12.8. The van der Waals surface area contributed by atoms with Gasteiger partial charge in [-0.15, -0.1) is 11.3 Å². The van der Waals surface area contributed by atoms with E-state index in [9.17, 15) is 4.79 Å². The first-order valence-corrected chi connectivity index (χ1v) is 12.8. The van der Waals surface area contributed by atoms with Gasteiger partial charge in [-0.2, -0.15) is 0 Å². The van der Waals surface area contributed by atoms with Crippen LogP contribution in [0.2, 0.25) is 0 Å². The molecule has 0 N–H and O–H groups in total. The van der Waals surface area contributed by atoms with Gasteiger partial charge in [0, 0.05) is 18.2 Å². The summed E-state index contributed by atoms with van der Waals surface area (Å²) in [6.45, 7) is 2.65. The molecule has 0 unspecified atom stereocenters. The van der Waals surface area contributed by atoms with Gasteiger partial charge in [-0.3, -0.25) is 14.8 Å². The van der Waals surface area contributed by atoms with Crippen LogP contribution in [0.5, 0.6) is 11.5 Å². The fourth-order valence-corrected chi connectivity index (χ4v) is 5.49. The predicted molar refractivity (Wildman–Crippen MR) is 148 cm³/mol. The molecule has 186 valence electrons. The summed E-state index contributed by atoms with van der Waals surface area (Å²) < 4.78 is 10.6. The van der Waals surface area contributed by atoms with Gasteiger partial charge in [0.1, 0.15) is 10.8 Å².